The number of ether oxygens (including phenoxy) is 6. The third kappa shape index (κ3) is 4.12. The smallest absolute Gasteiger partial charge is 0.184 e. The van der Waals surface area contributed by atoms with Gasteiger partial charge in [-0.25, -0.2) is 0 Å². The van der Waals surface area contributed by atoms with Crippen molar-refractivity contribution in [3.05, 3.63) is 0 Å². The molecular weight excluding hydrogens is 408 g/mol. The number of alkyl halides is 1. The SMILES string of the molecule is CC[C@H]1OC(Br)[C@@H]2OC(C)(C)O[C@H]12.CC[C@H]1OC(O)[C@@H]2OC(C)(C)O[C@H]12. The molecule has 0 aliphatic carbocycles. The quantitative estimate of drug-likeness (QED) is 0.663. The first kappa shape index (κ1) is 20.9. The van der Waals surface area contributed by atoms with Crippen molar-refractivity contribution in [3.63, 3.8) is 0 Å². The van der Waals surface area contributed by atoms with Gasteiger partial charge in [-0.1, -0.05) is 29.8 Å². The Morgan fingerprint density at radius 1 is 0.731 bits per heavy atom. The maximum absolute atomic E-state index is 9.51. The van der Waals surface area contributed by atoms with Crippen LogP contribution in [0.4, 0.5) is 0 Å². The van der Waals surface area contributed by atoms with E-state index in [4.69, 9.17) is 28.4 Å². The van der Waals surface area contributed by atoms with E-state index in [2.05, 4.69) is 22.9 Å². The van der Waals surface area contributed by atoms with Crippen LogP contribution in [0, 0.1) is 0 Å². The Balaban J connectivity index is 0.000000151. The van der Waals surface area contributed by atoms with Crippen molar-refractivity contribution < 1.29 is 33.5 Å². The Hall–Kier alpha value is 0.200. The first-order chi connectivity index (χ1) is 12.1. The van der Waals surface area contributed by atoms with Crippen molar-refractivity contribution in [2.45, 2.75) is 114 Å². The summed E-state index contributed by atoms with van der Waals surface area (Å²) in [6, 6.07) is 0. The lowest BCUT2D eigenvalue weighted by atomic mass is 10.1. The molecule has 0 radical (unpaired) electrons. The molecule has 4 saturated heterocycles. The summed E-state index contributed by atoms with van der Waals surface area (Å²) in [7, 11) is 0. The monoisotopic (exact) mass is 438 g/mol. The molecule has 8 heteroatoms. The van der Waals surface area contributed by atoms with E-state index in [0.29, 0.717) is 0 Å². The van der Waals surface area contributed by atoms with E-state index in [-0.39, 0.29) is 41.6 Å². The van der Waals surface area contributed by atoms with Gasteiger partial charge in [-0.15, -0.1) is 0 Å². The summed E-state index contributed by atoms with van der Waals surface area (Å²) in [5.41, 5.74) is 0. The van der Waals surface area contributed by atoms with E-state index in [1.165, 1.54) is 0 Å². The third-order valence-electron chi connectivity index (χ3n) is 5.02. The predicted octanol–water partition coefficient (Wildman–Crippen LogP) is 2.67. The topological polar surface area (TPSA) is 75.6 Å². The Morgan fingerprint density at radius 2 is 1.15 bits per heavy atom. The Bertz CT molecular complexity index is 456. The maximum Gasteiger partial charge on any atom is 0.184 e. The molecule has 0 aromatic rings. The molecule has 4 rings (SSSR count). The molecule has 0 aromatic heterocycles. The van der Waals surface area contributed by atoms with Crippen molar-refractivity contribution in [2.75, 3.05) is 0 Å². The van der Waals surface area contributed by atoms with Crippen LogP contribution in [0.2, 0.25) is 0 Å². The zero-order valence-corrected chi connectivity index (χ0v) is 17.9. The third-order valence-corrected chi connectivity index (χ3v) is 5.76. The van der Waals surface area contributed by atoms with Gasteiger partial charge < -0.3 is 33.5 Å². The first-order valence-corrected chi connectivity index (χ1v) is 10.3. The molecule has 2 unspecified atom stereocenters. The molecule has 1 N–H and O–H groups in total. The highest BCUT2D eigenvalue weighted by Gasteiger charge is 2.54. The van der Waals surface area contributed by atoms with Crippen LogP contribution in [0.5, 0.6) is 0 Å². The normalized spacial score (nSPS) is 48.0. The summed E-state index contributed by atoms with van der Waals surface area (Å²) in [5, 5.41) is 9.48. The average Bonchev–Trinajstić information content (AvgIpc) is 3.21. The van der Waals surface area contributed by atoms with Gasteiger partial charge in [0, 0.05) is 0 Å². The van der Waals surface area contributed by atoms with Gasteiger partial charge in [0.2, 0.25) is 0 Å². The highest BCUT2D eigenvalue weighted by atomic mass is 79.9. The molecular formula is C18H31BrO7. The van der Waals surface area contributed by atoms with Gasteiger partial charge in [-0.3, -0.25) is 0 Å². The highest BCUT2D eigenvalue weighted by molar-refractivity contribution is 9.09. The van der Waals surface area contributed by atoms with Gasteiger partial charge in [0.1, 0.15) is 29.4 Å². The minimum Gasteiger partial charge on any atom is -0.366 e. The summed E-state index contributed by atoms with van der Waals surface area (Å²) in [5.74, 6) is -1.05. The van der Waals surface area contributed by atoms with Crippen LogP contribution in [-0.2, 0) is 28.4 Å². The Labute approximate surface area is 163 Å². The number of rotatable bonds is 2. The lowest BCUT2D eigenvalue weighted by Crippen LogP contribution is -2.29. The van der Waals surface area contributed by atoms with Crippen LogP contribution in [0.25, 0.3) is 0 Å². The van der Waals surface area contributed by atoms with E-state index < -0.39 is 17.9 Å². The van der Waals surface area contributed by atoms with E-state index in [9.17, 15) is 5.11 Å². The minimum absolute atomic E-state index is 0.0239. The fourth-order valence-corrected chi connectivity index (χ4v) is 4.63. The largest absolute Gasteiger partial charge is 0.366 e. The van der Waals surface area contributed by atoms with E-state index in [1.807, 2.05) is 34.6 Å². The molecule has 4 aliphatic heterocycles. The van der Waals surface area contributed by atoms with E-state index >= 15 is 0 Å². The predicted molar refractivity (Wildman–Crippen MR) is 96.7 cm³/mol. The number of halogens is 1. The zero-order valence-electron chi connectivity index (χ0n) is 16.3. The highest BCUT2D eigenvalue weighted by Crippen LogP contribution is 2.41. The molecule has 0 bridgehead atoms. The number of aliphatic hydroxyl groups excluding tert-OH is 1. The van der Waals surface area contributed by atoms with E-state index in [0.717, 1.165) is 12.8 Å². The molecule has 0 amide bonds. The molecule has 0 aromatic carbocycles. The van der Waals surface area contributed by atoms with Crippen LogP contribution < -0.4 is 0 Å². The number of hydrogen-bond donors (Lipinski definition) is 1. The molecule has 0 saturated carbocycles. The summed E-state index contributed by atoms with van der Waals surface area (Å²) < 4.78 is 33.6. The van der Waals surface area contributed by atoms with Crippen LogP contribution in [-0.4, -0.2) is 64.6 Å². The van der Waals surface area contributed by atoms with Crippen molar-refractivity contribution in [2.24, 2.45) is 0 Å². The summed E-state index contributed by atoms with van der Waals surface area (Å²) >= 11 is 3.45. The molecule has 4 fully saturated rings. The minimum atomic E-state index is -0.836. The van der Waals surface area contributed by atoms with Crippen molar-refractivity contribution in [1.82, 2.24) is 0 Å². The molecule has 8 atom stereocenters. The second-order valence-corrected chi connectivity index (χ2v) is 8.94. The first-order valence-electron chi connectivity index (χ1n) is 9.41. The Morgan fingerprint density at radius 3 is 1.69 bits per heavy atom. The van der Waals surface area contributed by atoms with Crippen LogP contribution in [0.15, 0.2) is 0 Å². The molecule has 26 heavy (non-hydrogen) atoms. The van der Waals surface area contributed by atoms with E-state index in [1.54, 1.807) is 0 Å². The van der Waals surface area contributed by atoms with Gasteiger partial charge >= 0.3 is 0 Å². The molecule has 7 nitrogen and oxygen atoms in total. The Kier molecular flexibility index (Phi) is 6.08. The van der Waals surface area contributed by atoms with Gasteiger partial charge in [0.05, 0.1) is 12.2 Å². The lowest BCUT2D eigenvalue weighted by molar-refractivity contribution is -0.220. The van der Waals surface area contributed by atoms with Crippen LogP contribution in [0.3, 0.4) is 0 Å². The number of fused-ring (bicyclic) bond motifs is 2. The lowest BCUT2D eigenvalue weighted by Gasteiger charge is -2.21. The summed E-state index contributed by atoms with van der Waals surface area (Å²) in [6.07, 6.45) is 0.773. The summed E-state index contributed by atoms with van der Waals surface area (Å²) in [4.78, 5) is 0. The van der Waals surface area contributed by atoms with Crippen LogP contribution in [0.1, 0.15) is 54.4 Å². The average molecular weight is 439 g/mol. The molecule has 152 valence electrons. The second kappa shape index (κ2) is 7.55. The van der Waals surface area contributed by atoms with Gasteiger partial charge in [-0.2, -0.15) is 0 Å². The van der Waals surface area contributed by atoms with Crippen LogP contribution >= 0.6 is 15.9 Å². The summed E-state index contributed by atoms with van der Waals surface area (Å²) in [6.45, 7) is 11.7. The van der Waals surface area contributed by atoms with Crippen molar-refractivity contribution in [1.29, 1.82) is 0 Å². The number of hydrogen-bond acceptors (Lipinski definition) is 7. The molecule has 4 heterocycles. The van der Waals surface area contributed by atoms with Crippen molar-refractivity contribution >= 4 is 15.9 Å². The maximum atomic E-state index is 9.51. The second-order valence-electron chi connectivity index (χ2n) is 8.04. The fraction of sp³-hybridized carbons (Fsp3) is 1.00. The fourth-order valence-electron chi connectivity index (χ4n) is 3.95. The van der Waals surface area contributed by atoms with Gasteiger partial charge in [0.25, 0.3) is 0 Å². The molecule has 4 aliphatic rings. The zero-order chi connectivity index (χ0) is 19.3. The van der Waals surface area contributed by atoms with Gasteiger partial charge in [-0.05, 0) is 40.5 Å². The molecule has 0 spiro atoms. The van der Waals surface area contributed by atoms with Crippen molar-refractivity contribution in [3.8, 4) is 0 Å². The standard InChI is InChI=1S/C9H15BrO3.C9H16O4/c2*1-4-5-6-7(8(10)11-5)13-9(2,3)12-6/h5-8H,4H2,1-3H3;5-8,10H,4H2,1-3H3/t2*5-,6-,7-,8?/m11/s1. The number of aliphatic hydroxyl groups is 1. The van der Waals surface area contributed by atoms with Gasteiger partial charge in [0.15, 0.2) is 17.9 Å².